The van der Waals surface area contributed by atoms with Gasteiger partial charge in [-0.15, -0.1) is 0 Å². The van der Waals surface area contributed by atoms with Gasteiger partial charge in [-0.25, -0.2) is 4.39 Å². The van der Waals surface area contributed by atoms with Crippen LogP contribution in [0.3, 0.4) is 0 Å². The lowest BCUT2D eigenvalue weighted by Crippen LogP contribution is -2.22. The van der Waals surface area contributed by atoms with Crippen molar-refractivity contribution in [1.29, 1.82) is 0 Å². The average molecular weight is 325 g/mol. The standard InChI is InChI=1S/C14H14BrFN2O/c1-3-9-4-7-13(18(2)14(9)19)17-12-6-5-10(15)8-11(12)16/h4-8,17H,3H2,1-2H3. The molecule has 0 bridgehead atoms. The molecular formula is C14H14BrFN2O. The summed E-state index contributed by atoms with van der Waals surface area (Å²) in [5, 5.41) is 2.93. The molecule has 0 unspecified atom stereocenters. The predicted molar refractivity (Wildman–Crippen MR) is 78.4 cm³/mol. The monoisotopic (exact) mass is 324 g/mol. The molecule has 100 valence electrons. The first kappa shape index (κ1) is 13.8. The second kappa shape index (κ2) is 5.57. The molecule has 5 heteroatoms. The number of aryl methyl sites for hydroxylation is 1. The van der Waals surface area contributed by atoms with Gasteiger partial charge in [0.2, 0.25) is 0 Å². The third-order valence-electron chi connectivity index (χ3n) is 2.96. The SMILES string of the molecule is CCc1ccc(Nc2ccc(Br)cc2F)n(C)c1=O. The van der Waals surface area contributed by atoms with E-state index in [1.807, 2.05) is 6.92 Å². The first-order chi connectivity index (χ1) is 9.02. The number of rotatable bonds is 3. The number of benzene rings is 1. The zero-order chi connectivity index (χ0) is 14.0. The van der Waals surface area contributed by atoms with Crippen molar-refractivity contribution in [1.82, 2.24) is 4.57 Å². The summed E-state index contributed by atoms with van der Waals surface area (Å²) in [6, 6.07) is 8.28. The van der Waals surface area contributed by atoms with Crippen LogP contribution in [-0.2, 0) is 13.5 Å². The summed E-state index contributed by atoms with van der Waals surface area (Å²) >= 11 is 3.20. The number of aromatic nitrogens is 1. The second-order valence-electron chi connectivity index (χ2n) is 4.21. The van der Waals surface area contributed by atoms with Gasteiger partial charge >= 0.3 is 0 Å². The fraction of sp³-hybridized carbons (Fsp3) is 0.214. The van der Waals surface area contributed by atoms with Crippen LogP contribution in [0.5, 0.6) is 0 Å². The number of nitrogens with one attached hydrogen (secondary N) is 1. The molecule has 2 aromatic rings. The molecule has 0 aliphatic carbocycles. The molecule has 0 aliphatic heterocycles. The highest BCUT2D eigenvalue weighted by molar-refractivity contribution is 9.10. The lowest BCUT2D eigenvalue weighted by atomic mass is 10.2. The summed E-state index contributed by atoms with van der Waals surface area (Å²) in [5.74, 6) is 0.185. The summed E-state index contributed by atoms with van der Waals surface area (Å²) < 4.78 is 15.9. The van der Waals surface area contributed by atoms with Gasteiger partial charge in [0.15, 0.2) is 0 Å². The first-order valence-corrected chi connectivity index (χ1v) is 6.73. The van der Waals surface area contributed by atoms with E-state index in [0.29, 0.717) is 22.4 Å². The largest absolute Gasteiger partial charge is 0.339 e. The highest BCUT2D eigenvalue weighted by Gasteiger charge is 2.07. The fourth-order valence-electron chi connectivity index (χ4n) is 1.81. The Morgan fingerprint density at radius 2 is 2.05 bits per heavy atom. The van der Waals surface area contributed by atoms with Gasteiger partial charge in [-0.3, -0.25) is 9.36 Å². The maximum absolute atomic E-state index is 13.7. The summed E-state index contributed by atoms with van der Waals surface area (Å²) in [4.78, 5) is 12.0. The minimum Gasteiger partial charge on any atom is -0.339 e. The Kier molecular flexibility index (Phi) is 4.04. The maximum Gasteiger partial charge on any atom is 0.255 e. The minimum absolute atomic E-state index is 0.0648. The van der Waals surface area contributed by atoms with Crippen molar-refractivity contribution >= 4 is 27.4 Å². The van der Waals surface area contributed by atoms with E-state index in [2.05, 4.69) is 21.2 Å². The van der Waals surface area contributed by atoms with Crippen molar-refractivity contribution in [2.45, 2.75) is 13.3 Å². The second-order valence-corrected chi connectivity index (χ2v) is 5.13. The molecule has 0 amide bonds. The van der Waals surface area contributed by atoms with Crippen LogP contribution in [-0.4, -0.2) is 4.57 Å². The van der Waals surface area contributed by atoms with E-state index in [1.165, 1.54) is 10.6 Å². The zero-order valence-corrected chi connectivity index (χ0v) is 12.3. The lowest BCUT2D eigenvalue weighted by Gasteiger charge is -2.12. The normalized spacial score (nSPS) is 10.5. The Hall–Kier alpha value is -1.62. The Morgan fingerprint density at radius 1 is 1.32 bits per heavy atom. The molecule has 1 aromatic heterocycles. The third-order valence-corrected chi connectivity index (χ3v) is 3.45. The molecule has 19 heavy (non-hydrogen) atoms. The highest BCUT2D eigenvalue weighted by Crippen LogP contribution is 2.22. The van der Waals surface area contributed by atoms with Gasteiger partial charge in [-0.1, -0.05) is 22.9 Å². The molecule has 0 spiro atoms. The first-order valence-electron chi connectivity index (χ1n) is 5.94. The van der Waals surface area contributed by atoms with Gasteiger partial charge in [-0.2, -0.15) is 0 Å². The van der Waals surface area contributed by atoms with E-state index < -0.39 is 0 Å². The molecule has 1 heterocycles. The summed E-state index contributed by atoms with van der Waals surface area (Å²) in [5.41, 5.74) is 1.01. The molecule has 0 fully saturated rings. The Bertz CT molecular complexity index is 667. The van der Waals surface area contributed by atoms with Crippen LogP contribution in [0, 0.1) is 5.82 Å². The van der Waals surface area contributed by atoms with Gasteiger partial charge < -0.3 is 5.32 Å². The zero-order valence-electron chi connectivity index (χ0n) is 10.7. The molecule has 0 saturated heterocycles. The number of pyridine rings is 1. The number of halogens is 2. The van der Waals surface area contributed by atoms with Gasteiger partial charge in [-0.05, 0) is 36.8 Å². The lowest BCUT2D eigenvalue weighted by molar-refractivity contribution is 0.630. The van der Waals surface area contributed by atoms with Crippen LogP contribution in [0.4, 0.5) is 15.9 Å². The summed E-state index contributed by atoms with van der Waals surface area (Å²) in [6.45, 7) is 1.93. The number of hydrogen-bond donors (Lipinski definition) is 1. The molecule has 2 rings (SSSR count). The predicted octanol–water partition coefficient (Wildman–Crippen LogP) is 3.59. The maximum atomic E-state index is 13.7. The highest BCUT2D eigenvalue weighted by atomic mass is 79.9. The van der Waals surface area contributed by atoms with Crippen LogP contribution in [0.15, 0.2) is 39.6 Å². The average Bonchev–Trinajstić information content (AvgIpc) is 2.38. The topological polar surface area (TPSA) is 34.0 Å². The van der Waals surface area contributed by atoms with Crippen LogP contribution in [0.1, 0.15) is 12.5 Å². The van der Waals surface area contributed by atoms with Gasteiger partial charge in [0, 0.05) is 17.1 Å². The molecule has 1 aromatic carbocycles. The number of hydrogen-bond acceptors (Lipinski definition) is 2. The van der Waals surface area contributed by atoms with Crippen LogP contribution >= 0.6 is 15.9 Å². The van der Waals surface area contributed by atoms with Gasteiger partial charge in [0.05, 0.1) is 5.69 Å². The van der Waals surface area contributed by atoms with Crippen LogP contribution < -0.4 is 10.9 Å². The summed E-state index contributed by atoms with van der Waals surface area (Å²) in [7, 11) is 1.67. The van der Waals surface area contributed by atoms with Crippen molar-refractivity contribution in [3.63, 3.8) is 0 Å². The molecular weight excluding hydrogens is 311 g/mol. The number of anilines is 2. The minimum atomic E-state index is -0.374. The third kappa shape index (κ3) is 2.87. The van der Waals surface area contributed by atoms with Gasteiger partial charge in [0.25, 0.3) is 5.56 Å². The van der Waals surface area contributed by atoms with E-state index in [4.69, 9.17) is 0 Å². The molecule has 0 saturated carbocycles. The van der Waals surface area contributed by atoms with Crippen LogP contribution in [0.25, 0.3) is 0 Å². The van der Waals surface area contributed by atoms with Crippen molar-refractivity contribution < 1.29 is 4.39 Å². The van der Waals surface area contributed by atoms with Crippen molar-refractivity contribution in [3.8, 4) is 0 Å². The quantitative estimate of drug-likeness (QED) is 0.936. The van der Waals surface area contributed by atoms with Crippen molar-refractivity contribution in [2.24, 2.45) is 7.05 Å². The van der Waals surface area contributed by atoms with Crippen molar-refractivity contribution in [3.05, 3.63) is 56.5 Å². The van der Waals surface area contributed by atoms with E-state index >= 15 is 0 Å². The van der Waals surface area contributed by atoms with E-state index in [1.54, 1.807) is 31.3 Å². The van der Waals surface area contributed by atoms with Gasteiger partial charge in [0.1, 0.15) is 11.6 Å². The Labute approximate surface area is 119 Å². The molecule has 3 nitrogen and oxygen atoms in total. The summed E-state index contributed by atoms with van der Waals surface area (Å²) in [6.07, 6.45) is 0.680. The molecule has 0 aliphatic rings. The number of nitrogens with zero attached hydrogens (tertiary/aromatic N) is 1. The molecule has 1 N–H and O–H groups in total. The fourth-order valence-corrected chi connectivity index (χ4v) is 2.14. The molecule has 0 atom stereocenters. The van der Waals surface area contributed by atoms with E-state index in [9.17, 15) is 9.18 Å². The molecule has 0 radical (unpaired) electrons. The smallest absolute Gasteiger partial charge is 0.255 e. The van der Waals surface area contributed by atoms with E-state index in [-0.39, 0.29) is 11.4 Å². The van der Waals surface area contributed by atoms with E-state index in [0.717, 1.165) is 5.56 Å². The Morgan fingerprint density at radius 3 is 2.68 bits per heavy atom. The Balaban J connectivity index is 2.39. The van der Waals surface area contributed by atoms with Crippen molar-refractivity contribution in [2.75, 3.05) is 5.32 Å². The van der Waals surface area contributed by atoms with Crippen LogP contribution in [0.2, 0.25) is 0 Å².